The van der Waals surface area contributed by atoms with Crippen molar-refractivity contribution in [2.75, 3.05) is 20.2 Å². The molecule has 1 spiro atoms. The lowest BCUT2D eigenvalue weighted by atomic mass is 9.74. The molecule has 2 nitrogen and oxygen atoms in total. The van der Waals surface area contributed by atoms with Gasteiger partial charge >= 0.3 is 0 Å². The van der Waals surface area contributed by atoms with Gasteiger partial charge in [-0.15, -0.1) is 0 Å². The van der Waals surface area contributed by atoms with E-state index < -0.39 is 0 Å². The normalized spacial score (nSPS) is 29.8. The van der Waals surface area contributed by atoms with Crippen LogP contribution < -0.4 is 0 Å². The molecular weight excluding hydrogens is 150 g/mol. The first kappa shape index (κ1) is 8.52. The number of rotatable bonds is 1. The minimum absolute atomic E-state index is 0.647. The molecule has 1 aliphatic heterocycles. The molecule has 0 aromatic rings. The topological polar surface area (TPSA) is 12.5 Å². The highest BCUT2D eigenvalue weighted by Gasteiger charge is 2.38. The van der Waals surface area contributed by atoms with Crippen LogP contribution in [0.15, 0.2) is 0 Å². The van der Waals surface area contributed by atoms with Gasteiger partial charge in [0.05, 0.1) is 7.11 Å². The van der Waals surface area contributed by atoms with Gasteiger partial charge in [0.25, 0.3) is 0 Å². The van der Waals surface area contributed by atoms with Crippen molar-refractivity contribution in [2.45, 2.75) is 38.5 Å². The average molecular weight is 169 g/mol. The molecule has 0 N–H and O–H groups in total. The second-order valence-electron chi connectivity index (χ2n) is 4.36. The van der Waals surface area contributed by atoms with Crippen molar-refractivity contribution >= 4 is 0 Å². The van der Waals surface area contributed by atoms with Gasteiger partial charge in [-0.1, -0.05) is 19.3 Å². The van der Waals surface area contributed by atoms with E-state index in [1.165, 1.54) is 45.1 Å². The number of nitrogens with zero attached hydrogens (tertiary/aromatic N) is 1. The summed E-state index contributed by atoms with van der Waals surface area (Å²) in [5, 5.41) is 2.13. The van der Waals surface area contributed by atoms with Gasteiger partial charge in [0, 0.05) is 13.1 Å². The molecule has 2 rings (SSSR count). The molecule has 0 aromatic carbocycles. The zero-order valence-corrected chi connectivity index (χ0v) is 8.01. The predicted molar refractivity (Wildman–Crippen MR) is 48.7 cm³/mol. The SMILES string of the molecule is CON1CCC2(CCCCC2)C1. The van der Waals surface area contributed by atoms with Crippen molar-refractivity contribution in [1.82, 2.24) is 5.06 Å². The van der Waals surface area contributed by atoms with E-state index in [0.717, 1.165) is 6.54 Å². The van der Waals surface area contributed by atoms with Gasteiger partial charge in [-0.2, -0.15) is 5.06 Å². The van der Waals surface area contributed by atoms with E-state index in [0.29, 0.717) is 5.41 Å². The van der Waals surface area contributed by atoms with Crippen LogP contribution in [0.5, 0.6) is 0 Å². The molecule has 2 heteroatoms. The summed E-state index contributed by atoms with van der Waals surface area (Å²) < 4.78 is 0. The standard InChI is InChI=1S/C10H19NO/c1-12-11-8-7-10(9-11)5-3-2-4-6-10/h2-9H2,1H3. The van der Waals surface area contributed by atoms with Crippen LogP contribution in [0.3, 0.4) is 0 Å². The van der Waals surface area contributed by atoms with Crippen LogP contribution in [-0.4, -0.2) is 25.3 Å². The summed E-state index contributed by atoms with van der Waals surface area (Å²) >= 11 is 0. The minimum atomic E-state index is 0.647. The van der Waals surface area contributed by atoms with Crippen LogP contribution in [0.25, 0.3) is 0 Å². The molecule has 0 radical (unpaired) electrons. The summed E-state index contributed by atoms with van der Waals surface area (Å²) in [6, 6.07) is 0. The van der Waals surface area contributed by atoms with Gasteiger partial charge in [0.15, 0.2) is 0 Å². The Labute approximate surface area is 74.8 Å². The highest BCUT2D eigenvalue weighted by atomic mass is 16.7. The van der Waals surface area contributed by atoms with Crippen LogP contribution in [0.1, 0.15) is 38.5 Å². The number of hydroxylamine groups is 2. The van der Waals surface area contributed by atoms with Gasteiger partial charge in [0.2, 0.25) is 0 Å². The van der Waals surface area contributed by atoms with Crippen LogP contribution in [0, 0.1) is 5.41 Å². The fourth-order valence-corrected chi connectivity index (χ4v) is 2.76. The Kier molecular flexibility index (Phi) is 2.37. The van der Waals surface area contributed by atoms with Gasteiger partial charge in [-0.25, -0.2) is 0 Å². The molecule has 12 heavy (non-hydrogen) atoms. The van der Waals surface area contributed by atoms with E-state index in [9.17, 15) is 0 Å². The molecule has 2 aliphatic rings. The predicted octanol–water partition coefficient (Wildman–Crippen LogP) is 2.20. The van der Waals surface area contributed by atoms with E-state index in [-0.39, 0.29) is 0 Å². The molecule has 0 aromatic heterocycles. The van der Waals surface area contributed by atoms with Gasteiger partial charge in [0.1, 0.15) is 0 Å². The minimum Gasteiger partial charge on any atom is -0.302 e. The fraction of sp³-hybridized carbons (Fsp3) is 1.00. The first-order valence-electron chi connectivity index (χ1n) is 5.14. The van der Waals surface area contributed by atoms with Gasteiger partial charge < -0.3 is 4.84 Å². The highest BCUT2D eigenvalue weighted by Crippen LogP contribution is 2.43. The maximum atomic E-state index is 5.27. The third-order valence-electron chi connectivity index (χ3n) is 3.58. The van der Waals surface area contributed by atoms with E-state index in [1.54, 1.807) is 7.11 Å². The molecule has 1 aliphatic carbocycles. The van der Waals surface area contributed by atoms with E-state index in [1.807, 2.05) is 0 Å². The van der Waals surface area contributed by atoms with E-state index in [4.69, 9.17) is 4.84 Å². The van der Waals surface area contributed by atoms with Crippen molar-refractivity contribution in [1.29, 1.82) is 0 Å². The molecule has 0 bridgehead atoms. The molecular formula is C10H19NO. The molecule has 1 heterocycles. The molecule has 0 atom stereocenters. The molecule has 1 saturated heterocycles. The van der Waals surface area contributed by atoms with Gasteiger partial charge in [-0.3, -0.25) is 0 Å². The Morgan fingerprint density at radius 3 is 2.42 bits per heavy atom. The zero-order chi connectivity index (χ0) is 8.44. The van der Waals surface area contributed by atoms with Crippen molar-refractivity contribution < 1.29 is 4.84 Å². The third-order valence-corrected chi connectivity index (χ3v) is 3.58. The first-order valence-corrected chi connectivity index (χ1v) is 5.14. The zero-order valence-electron chi connectivity index (χ0n) is 8.01. The Hall–Kier alpha value is -0.0800. The Balaban J connectivity index is 1.94. The van der Waals surface area contributed by atoms with Crippen LogP contribution in [0.4, 0.5) is 0 Å². The van der Waals surface area contributed by atoms with E-state index in [2.05, 4.69) is 5.06 Å². The van der Waals surface area contributed by atoms with Crippen LogP contribution in [-0.2, 0) is 4.84 Å². The van der Waals surface area contributed by atoms with Crippen LogP contribution >= 0.6 is 0 Å². The van der Waals surface area contributed by atoms with Gasteiger partial charge in [-0.05, 0) is 24.7 Å². The summed E-state index contributed by atoms with van der Waals surface area (Å²) in [6.45, 7) is 2.33. The first-order chi connectivity index (χ1) is 5.85. The van der Waals surface area contributed by atoms with E-state index >= 15 is 0 Å². The van der Waals surface area contributed by atoms with Crippen molar-refractivity contribution in [3.8, 4) is 0 Å². The third kappa shape index (κ3) is 1.50. The second kappa shape index (κ2) is 3.35. The van der Waals surface area contributed by atoms with Crippen molar-refractivity contribution in [3.05, 3.63) is 0 Å². The Bertz CT molecular complexity index is 152. The Morgan fingerprint density at radius 2 is 1.83 bits per heavy atom. The average Bonchev–Trinajstić information content (AvgIpc) is 2.50. The lowest BCUT2D eigenvalue weighted by Gasteiger charge is -2.32. The maximum absolute atomic E-state index is 5.27. The summed E-state index contributed by atoms with van der Waals surface area (Å²) in [4.78, 5) is 5.27. The summed E-state index contributed by atoms with van der Waals surface area (Å²) in [6.07, 6.45) is 8.57. The monoisotopic (exact) mass is 169 g/mol. The quantitative estimate of drug-likeness (QED) is 0.596. The molecule has 70 valence electrons. The smallest absolute Gasteiger partial charge is 0.0575 e. The molecule has 0 unspecified atom stereocenters. The summed E-state index contributed by atoms with van der Waals surface area (Å²) in [5.74, 6) is 0. The fourth-order valence-electron chi connectivity index (χ4n) is 2.76. The maximum Gasteiger partial charge on any atom is 0.0575 e. The highest BCUT2D eigenvalue weighted by molar-refractivity contribution is 4.89. The number of hydrogen-bond donors (Lipinski definition) is 0. The summed E-state index contributed by atoms with van der Waals surface area (Å²) in [7, 11) is 1.79. The largest absolute Gasteiger partial charge is 0.302 e. The lowest BCUT2D eigenvalue weighted by Crippen LogP contribution is -2.28. The second-order valence-corrected chi connectivity index (χ2v) is 4.36. The Morgan fingerprint density at radius 1 is 1.08 bits per heavy atom. The lowest BCUT2D eigenvalue weighted by molar-refractivity contribution is -0.121. The number of hydrogen-bond acceptors (Lipinski definition) is 2. The molecule has 0 amide bonds. The molecule has 1 saturated carbocycles. The molecule has 2 fully saturated rings. The van der Waals surface area contributed by atoms with Crippen LogP contribution in [0.2, 0.25) is 0 Å². The van der Waals surface area contributed by atoms with Crippen molar-refractivity contribution in [3.63, 3.8) is 0 Å². The summed E-state index contributed by atoms with van der Waals surface area (Å²) in [5.41, 5.74) is 0.647. The van der Waals surface area contributed by atoms with Crippen molar-refractivity contribution in [2.24, 2.45) is 5.41 Å².